The molecule has 0 radical (unpaired) electrons. The predicted molar refractivity (Wildman–Crippen MR) is 232 cm³/mol. The van der Waals surface area contributed by atoms with Gasteiger partial charge in [0, 0.05) is 24.4 Å². The molecule has 1 amide bonds. The van der Waals surface area contributed by atoms with Crippen LogP contribution in [0.2, 0.25) is 0 Å². The van der Waals surface area contributed by atoms with E-state index in [9.17, 15) is 4.79 Å². The number of benzene rings is 3. The highest BCUT2D eigenvalue weighted by atomic mass is 16.6. The zero-order valence-corrected chi connectivity index (χ0v) is 35.1. The maximum Gasteiger partial charge on any atom is 0.220 e. The number of unbranched alkanes of at least 4 members (excludes halogenated alkanes) is 11. The minimum absolute atomic E-state index is 0.0782. The highest BCUT2D eigenvalue weighted by molar-refractivity contribution is 5.75. The summed E-state index contributed by atoms with van der Waals surface area (Å²) in [5.74, 6) is 1.05. The van der Waals surface area contributed by atoms with Crippen LogP contribution in [0.1, 0.15) is 119 Å². The molecule has 1 N–H and O–H groups in total. The predicted octanol–water partition coefficient (Wildman–Crippen LogP) is 10.5. The Bertz CT molecular complexity index is 1350. The molecule has 0 aliphatic carbocycles. The van der Waals surface area contributed by atoms with Crippen LogP contribution < -0.4 is 10.1 Å². The zero-order chi connectivity index (χ0) is 40.1. The molecule has 0 aliphatic heterocycles. The fourth-order valence-corrected chi connectivity index (χ4v) is 6.59. The first kappa shape index (κ1) is 47.8. The molecule has 0 atom stereocenters. The molecule has 0 unspecified atom stereocenters. The number of amides is 1. The smallest absolute Gasteiger partial charge is 0.220 e. The Morgan fingerprint density at radius 3 is 1.49 bits per heavy atom. The summed E-state index contributed by atoms with van der Waals surface area (Å²) >= 11 is 0. The molecule has 0 aromatic heterocycles. The summed E-state index contributed by atoms with van der Waals surface area (Å²) in [4.78, 5) is 12.1. The van der Waals surface area contributed by atoms with Crippen molar-refractivity contribution in [3.63, 3.8) is 0 Å². The first-order valence-electron chi connectivity index (χ1n) is 21.9. The van der Waals surface area contributed by atoms with Gasteiger partial charge < -0.3 is 33.7 Å². The number of allylic oxidation sites excluding steroid dienone is 2. The van der Waals surface area contributed by atoms with Crippen LogP contribution in [0, 0.1) is 0 Å². The van der Waals surface area contributed by atoms with Gasteiger partial charge in [-0.15, -0.1) is 0 Å². The van der Waals surface area contributed by atoms with E-state index in [1.54, 1.807) is 0 Å². The van der Waals surface area contributed by atoms with E-state index in [1.807, 2.05) is 24.3 Å². The molecule has 3 aromatic carbocycles. The molecule has 0 fully saturated rings. The van der Waals surface area contributed by atoms with Crippen molar-refractivity contribution in [1.82, 2.24) is 5.32 Å². The largest absolute Gasteiger partial charge is 0.491 e. The number of para-hydroxylation sites is 1. The van der Waals surface area contributed by atoms with Gasteiger partial charge in [-0.3, -0.25) is 4.79 Å². The summed E-state index contributed by atoms with van der Waals surface area (Å²) in [7, 11) is 0. The Hall–Kier alpha value is -3.53. The van der Waals surface area contributed by atoms with Gasteiger partial charge in [0.1, 0.15) is 12.4 Å². The quantitative estimate of drug-likeness (QED) is 0.0354. The second-order valence-electron chi connectivity index (χ2n) is 14.4. The van der Waals surface area contributed by atoms with Gasteiger partial charge in [-0.1, -0.05) is 149 Å². The Labute approximate surface area is 345 Å². The van der Waals surface area contributed by atoms with Crippen molar-refractivity contribution in [2.24, 2.45) is 0 Å². The molecular weight excluding hydrogens is 715 g/mol. The number of carbonyl (C=O) groups is 1. The molecule has 0 spiro atoms. The van der Waals surface area contributed by atoms with Crippen molar-refractivity contribution in [1.29, 1.82) is 0 Å². The van der Waals surface area contributed by atoms with Crippen LogP contribution in [-0.4, -0.2) is 85.1 Å². The minimum atomic E-state index is 0.0782. The molecular formula is C49H73NO7. The van der Waals surface area contributed by atoms with Crippen molar-refractivity contribution in [3.05, 3.63) is 114 Å². The summed E-state index contributed by atoms with van der Waals surface area (Å²) in [5, 5.41) is 2.95. The van der Waals surface area contributed by atoms with E-state index < -0.39 is 0 Å². The SMILES string of the molecule is CCCCCCCC/C=C\CCCCCCCC(=O)NCCOCCOCCOCCOCCOCCOc1ccccc1C(c1ccccc1)c1ccccc1. The fourth-order valence-electron chi connectivity index (χ4n) is 6.59. The van der Waals surface area contributed by atoms with Crippen LogP contribution in [0.3, 0.4) is 0 Å². The molecule has 8 heteroatoms. The normalized spacial score (nSPS) is 11.5. The van der Waals surface area contributed by atoms with E-state index in [0.29, 0.717) is 85.6 Å². The third-order valence-electron chi connectivity index (χ3n) is 9.70. The molecule has 0 saturated heterocycles. The van der Waals surface area contributed by atoms with Crippen molar-refractivity contribution >= 4 is 5.91 Å². The number of hydrogen-bond donors (Lipinski definition) is 1. The summed E-state index contributed by atoms with van der Waals surface area (Å²) in [6.07, 6.45) is 21.7. The van der Waals surface area contributed by atoms with Crippen molar-refractivity contribution in [2.75, 3.05) is 79.2 Å². The maximum absolute atomic E-state index is 12.1. The van der Waals surface area contributed by atoms with Crippen LogP contribution in [0.25, 0.3) is 0 Å². The van der Waals surface area contributed by atoms with E-state index >= 15 is 0 Å². The van der Waals surface area contributed by atoms with Gasteiger partial charge in [-0.2, -0.15) is 0 Å². The van der Waals surface area contributed by atoms with Crippen LogP contribution in [0.15, 0.2) is 97.1 Å². The summed E-state index contributed by atoms with van der Waals surface area (Å²) < 4.78 is 34.3. The van der Waals surface area contributed by atoms with Crippen molar-refractivity contribution in [2.45, 2.75) is 103 Å². The summed E-state index contributed by atoms with van der Waals surface area (Å²) in [6, 6.07) is 29.3. The third-order valence-corrected chi connectivity index (χ3v) is 9.70. The van der Waals surface area contributed by atoms with E-state index in [-0.39, 0.29) is 11.8 Å². The van der Waals surface area contributed by atoms with Crippen molar-refractivity contribution in [3.8, 4) is 5.75 Å². The van der Waals surface area contributed by atoms with Crippen LogP contribution in [0.4, 0.5) is 0 Å². The molecule has 316 valence electrons. The van der Waals surface area contributed by atoms with Gasteiger partial charge in [0.25, 0.3) is 0 Å². The first-order chi connectivity index (χ1) is 28.3. The third kappa shape index (κ3) is 24.1. The molecule has 0 bridgehead atoms. The van der Waals surface area contributed by atoms with Gasteiger partial charge in [0.2, 0.25) is 5.91 Å². The number of nitrogens with one attached hydrogen (secondary N) is 1. The molecule has 0 saturated carbocycles. The molecule has 0 aliphatic rings. The van der Waals surface area contributed by atoms with Gasteiger partial charge >= 0.3 is 0 Å². The summed E-state index contributed by atoms with van der Waals surface area (Å²) in [5.41, 5.74) is 3.58. The lowest BCUT2D eigenvalue weighted by atomic mass is 9.85. The molecule has 8 nitrogen and oxygen atoms in total. The molecule has 3 rings (SSSR count). The van der Waals surface area contributed by atoms with Gasteiger partial charge in [-0.05, 0) is 49.3 Å². The lowest BCUT2D eigenvalue weighted by Gasteiger charge is -2.22. The van der Waals surface area contributed by atoms with E-state index in [4.69, 9.17) is 28.4 Å². The minimum Gasteiger partial charge on any atom is -0.491 e. The topological polar surface area (TPSA) is 84.5 Å². The lowest BCUT2D eigenvalue weighted by molar-refractivity contribution is -0.121. The van der Waals surface area contributed by atoms with E-state index in [1.165, 1.54) is 81.8 Å². The van der Waals surface area contributed by atoms with Crippen LogP contribution in [-0.2, 0) is 28.5 Å². The first-order valence-corrected chi connectivity index (χ1v) is 21.9. The van der Waals surface area contributed by atoms with E-state index in [0.717, 1.165) is 24.2 Å². The Kier molecular flexibility index (Phi) is 29.0. The average molecular weight is 788 g/mol. The second kappa shape index (κ2) is 34.5. The average Bonchev–Trinajstić information content (AvgIpc) is 3.24. The van der Waals surface area contributed by atoms with Crippen molar-refractivity contribution < 1.29 is 33.2 Å². The maximum atomic E-state index is 12.1. The lowest BCUT2D eigenvalue weighted by Crippen LogP contribution is -2.27. The highest BCUT2D eigenvalue weighted by Gasteiger charge is 2.20. The molecule has 3 aromatic rings. The highest BCUT2D eigenvalue weighted by Crippen LogP contribution is 2.37. The monoisotopic (exact) mass is 788 g/mol. The summed E-state index contributed by atoms with van der Waals surface area (Å²) in [6.45, 7) is 8.20. The van der Waals surface area contributed by atoms with Gasteiger partial charge in [0.05, 0.1) is 66.1 Å². The fraction of sp³-hybridized carbons (Fsp3) is 0.571. The Morgan fingerprint density at radius 1 is 0.509 bits per heavy atom. The zero-order valence-electron chi connectivity index (χ0n) is 35.1. The number of carbonyl (C=O) groups excluding carboxylic acids is 1. The number of rotatable bonds is 37. The standard InChI is InChI=1S/C49H73NO7/c1-2-3-4-5-6-7-8-9-10-11-12-13-14-15-22-31-48(51)50-32-33-52-34-35-53-36-37-54-38-39-55-40-41-56-42-43-57-47-30-24-23-29-46(47)49(44-25-18-16-19-26-44)45-27-20-17-21-28-45/h9-10,16-21,23-30,49H,2-8,11-15,22,31-43H2,1H3,(H,50,51)/b10-9-. The Balaban J connectivity index is 1.04. The second-order valence-corrected chi connectivity index (χ2v) is 14.4. The number of hydrogen-bond acceptors (Lipinski definition) is 7. The molecule has 0 heterocycles. The van der Waals surface area contributed by atoms with Crippen LogP contribution >= 0.6 is 0 Å². The van der Waals surface area contributed by atoms with Gasteiger partial charge in [-0.25, -0.2) is 0 Å². The Morgan fingerprint density at radius 2 is 0.947 bits per heavy atom. The van der Waals surface area contributed by atoms with Gasteiger partial charge in [0.15, 0.2) is 0 Å². The van der Waals surface area contributed by atoms with E-state index in [2.05, 4.69) is 85.1 Å². The molecule has 57 heavy (non-hydrogen) atoms. The number of ether oxygens (including phenoxy) is 6. The van der Waals surface area contributed by atoms with Crippen LogP contribution in [0.5, 0.6) is 5.75 Å².